The van der Waals surface area contributed by atoms with E-state index >= 15 is 0 Å². The number of carbonyl (C=O) groups is 1. The summed E-state index contributed by atoms with van der Waals surface area (Å²) in [7, 11) is 0. The molecule has 212 valence electrons. The second-order valence-electron chi connectivity index (χ2n) is 10.6. The maximum absolute atomic E-state index is 13.0. The summed E-state index contributed by atoms with van der Waals surface area (Å²) in [6, 6.07) is 22.9. The molecule has 1 fully saturated rings. The normalized spacial score (nSPS) is 14.9. The Balaban J connectivity index is 1.02. The molecular formula is C32H35N5O3S. The van der Waals surface area contributed by atoms with Gasteiger partial charge in [0.25, 0.3) is 0 Å². The van der Waals surface area contributed by atoms with E-state index in [9.17, 15) is 4.79 Å². The lowest BCUT2D eigenvalue weighted by Crippen LogP contribution is -2.48. The molecule has 0 aliphatic carbocycles. The minimum atomic E-state index is 0.230. The number of piperazine rings is 1. The molecule has 2 aliphatic heterocycles. The molecular weight excluding hydrogens is 534 g/mol. The zero-order valence-corrected chi connectivity index (χ0v) is 24.4. The third kappa shape index (κ3) is 6.41. The van der Waals surface area contributed by atoms with E-state index in [0.29, 0.717) is 13.2 Å². The van der Waals surface area contributed by atoms with Crippen molar-refractivity contribution < 1.29 is 14.3 Å². The smallest absolute Gasteiger partial charge is 0.231 e. The van der Waals surface area contributed by atoms with Gasteiger partial charge in [-0.1, -0.05) is 59.8 Å². The molecule has 1 saturated heterocycles. The molecule has 6 rings (SSSR count). The molecule has 0 radical (unpaired) electrons. The first-order chi connectivity index (χ1) is 20.0. The molecule has 1 amide bonds. The number of hydrogen-bond acceptors (Lipinski definition) is 7. The number of thioether (sulfide) groups is 1. The predicted molar refractivity (Wildman–Crippen MR) is 161 cm³/mol. The number of carbonyl (C=O) groups excluding carboxylic acids is 1. The SMILES string of the molecule is Cc1ccc(-c2nnc(SCCCC(=O)N3CCN(Cc4ccc5c(c4)OCO5)CC3)n2-c2cccc(C)c2)cc1. The van der Waals surface area contributed by atoms with Crippen molar-refractivity contribution in [3.63, 3.8) is 0 Å². The van der Waals surface area contributed by atoms with Gasteiger partial charge >= 0.3 is 0 Å². The molecule has 0 atom stereocenters. The van der Waals surface area contributed by atoms with Gasteiger partial charge in [-0.2, -0.15) is 0 Å². The van der Waals surface area contributed by atoms with Crippen LogP contribution in [0.1, 0.15) is 29.5 Å². The summed E-state index contributed by atoms with van der Waals surface area (Å²) in [5.41, 5.74) is 5.67. The van der Waals surface area contributed by atoms with Crippen molar-refractivity contribution in [1.29, 1.82) is 0 Å². The van der Waals surface area contributed by atoms with E-state index in [-0.39, 0.29) is 5.91 Å². The van der Waals surface area contributed by atoms with Crippen molar-refractivity contribution in [3.8, 4) is 28.6 Å². The van der Waals surface area contributed by atoms with E-state index in [1.54, 1.807) is 11.8 Å². The van der Waals surface area contributed by atoms with Crippen molar-refractivity contribution in [2.45, 2.75) is 38.4 Å². The summed E-state index contributed by atoms with van der Waals surface area (Å²) in [6.07, 6.45) is 1.33. The van der Waals surface area contributed by atoms with Crippen LogP contribution in [0.25, 0.3) is 17.1 Å². The first kappa shape index (κ1) is 27.4. The minimum absolute atomic E-state index is 0.230. The highest BCUT2D eigenvalue weighted by atomic mass is 32.2. The molecule has 8 nitrogen and oxygen atoms in total. The predicted octanol–water partition coefficient (Wildman–Crippen LogP) is 5.50. The molecule has 0 spiro atoms. The lowest BCUT2D eigenvalue weighted by Gasteiger charge is -2.34. The zero-order valence-electron chi connectivity index (χ0n) is 23.6. The number of nitrogens with zero attached hydrogens (tertiary/aromatic N) is 5. The van der Waals surface area contributed by atoms with Crippen LogP contribution in [0, 0.1) is 13.8 Å². The Kier molecular flexibility index (Phi) is 8.25. The van der Waals surface area contributed by atoms with Crippen LogP contribution < -0.4 is 9.47 Å². The van der Waals surface area contributed by atoms with E-state index < -0.39 is 0 Å². The van der Waals surface area contributed by atoms with E-state index in [4.69, 9.17) is 9.47 Å². The van der Waals surface area contributed by atoms with Crippen molar-refractivity contribution >= 4 is 17.7 Å². The number of rotatable bonds is 9. The maximum atomic E-state index is 13.0. The fourth-order valence-corrected chi connectivity index (χ4v) is 6.14. The highest BCUT2D eigenvalue weighted by molar-refractivity contribution is 7.99. The number of fused-ring (bicyclic) bond motifs is 1. The molecule has 2 aliphatic rings. The summed E-state index contributed by atoms with van der Waals surface area (Å²) in [6.45, 7) is 8.58. The van der Waals surface area contributed by atoms with Gasteiger partial charge in [-0.05, 0) is 55.7 Å². The fraction of sp³-hybridized carbons (Fsp3) is 0.344. The van der Waals surface area contributed by atoms with E-state index in [2.05, 4.69) is 94.2 Å². The average molecular weight is 570 g/mol. The molecule has 1 aromatic heterocycles. The van der Waals surface area contributed by atoms with E-state index in [1.807, 2.05) is 11.0 Å². The lowest BCUT2D eigenvalue weighted by molar-refractivity contribution is -0.133. The molecule has 9 heteroatoms. The standard InChI is InChI=1S/C32H35N5O3S/c1-23-8-11-26(12-9-23)31-33-34-32(37(31)27-6-3-5-24(2)19-27)41-18-4-7-30(38)36-16-14-35(15-17-36)21-25-10-13-28-29(20-25)40-22-39-28/h3,5-6,8-13,19-20H,4,7,14-18,21-22H2,1-2H3. The van der Waals surface area contributed by atoms with Gasteiger partial charge in [-0.15, -0.1) is 10.2 Å². The second-order valence-corrected chi connectivity index (χ2v) is 11.7. The van der Waals surface area contributed by atoms with Crippen LogP contribution in [0.5, 0.6) is 11.5 Å². The molecule has 4 aromatic rings. The van der Waals surface area contributed by atoms with Gasteiger partial charge in [-0.3, -0.25) is 14.3 Å². The van der Waals surface area contributed by atoms with Crippen LogP contribution >= 0.6 is 11.8 Å². The molecule has 3 heterocycles. The summed E-state index contributed by atoms with van der Waals surface area (Å²) in [5.74, 6) is 3.48. The third-order valence-electron chi connectivity index (χ3n) is 7.54. The topological polar surface area (TPSA) is 72.7 Å². The quantitative estimate of drug-likeness (QED) is 0.195. The van der Waals surface area contributed by atoms with E-state index in [1.165, 1.54) is 16.7 Å². The highest BCUT2D eigenvalue weighted by Crippen LogP contribution is 2.33. The van der Waals surface area contributed by atoms with Crippen molar-refractivity contribution in [3.05, 3.63) is 83.4 Å². The van der Waals surface area contributed by atoms with Crippen LogP contribution in [0.2, 0.25) is 0 Å². The fourth-order valence-electron chi connectivity index (χ4n) is 5.25. The van der Waals surface area contributed by atoms with Gasteiger partial charge in [0.15, 0.2) is 22.5 Å². The highest BCUT2D eigenvalue weighted by Gasteiger charge is 2.22. The van der Waals surface area contributed by atoms with Crippen LogP contribution in [-0.4, -0.2) is 69.2 Å². The Morgan fingerprint density at radius 2 is 1.68 bits per heavy atom. The average Bonchev–Trinajstić information content (AvgIpc) is 3.63. The van der Waals surface area contributed by atoms with Gasteiger partial charge in [0.05, 0.1) is 0 Å². The Bertz CT molecular complexity index is 1510. The van der Waals surface area contributed by atoms with Gasteiger partial charge in [0.1, 0.15) is 0 Å². The van der Waals surface area contributed by atoms with Crippen LogP contribution in [0.4, 0.5) is 0 Å². The number of ether oxygens (including phenoxy) is 2. The number of amides is 1. The molecule has 3 aromatic carbocycles. The minimum Gasteiger partial charge on any atom is -0.454 e. The van der Waals surface area contributed by atoms with Gasteiger partial charge in [0, 0.05) is 56.1 Å². The maximum Gasteiger partial charge on any atom is 0.231 e. The van der Waals surface area contributed by atoms with Crippen molar-refractivity contribution in [2.24, 2.45) is 0 Å². The first-order valence-corrected chi connectivity index (χ1v) is 15.1. The lowest BCUT2D eigenvalue weighted by atomic mass is 10.1. The molecule has 0 bridgehead atoms. The van der Waals surface area contributed by atoms with Gasteiger partial charge < -0.3 is 14.4 Å². The summed E-state index contributed by atoms with van der Waals surface area (Å²) < 4.78 is 13.0. The molecule has 41 heavy (non-hydrogen) atoms. The van der Waals surface area contributed by atoms with Crippen LogP contribution in [-0.2, 0) is 11.3 Å². The van der Waals surface area contributed by atoms with Crippen LogP contribution in [0.3, 0.4) is 0 Å². The number of aromatic nitrogens is 3. The summed E-state index contributed by atoms with van der Waals surface area (Å²) in [5, 5.41) is 9.96. The monoisotopic (exact) mass is 569 g/mol. The molecule has 0 N–H and O–H groups in total. The van der Waals surface area contributed by atoms with E-state index in [0.717, 1.165) is 78.6 Å². The largest absolute Gasteiger partial charge is 0.454 e. The van der Waals surface area contributed by atoms with Crippen LogP contribution in [0.15, 0.2) is 71.9 Å². The van der Waals surface area contributed by atoms with Gasteiger partial charge in [0.2, 0.25) is 12.7 Å². The Morgan fingerprint density at radius 1 is 0.878 bits per heavy atom. The zero-order chi connectivity index (χ0) is 28.2. The first-order valence-electron chi connectivity index (χ1n) is 14.1. The Morgan fingerprint density at radius 3 is 2.49 bits per heavy atom. The Hall–Kier alpha value is -3.82. The molecule has 0 unspecified atom stereocenters. The number of hydrogen-bond donors (Lipinski definition) is 0. The summed E-state index contributed by atoms with van der Waals surface area (Å²) >= 11 is 1.66. The van der Waals surface area contributed by atoms with Crippen molar-refractivity contribution in [2.75, 3.05) is 38.7 Å². The summed E-state index contributed by atoms with van der Waals surface area (Å²) in [4.78, 5) is 17.4. The van der Waals surface area contributed by atoms with Crippen molar-refractivity contribution in [1.82, 2.24) is 24.6 Å². The third-order valence-corrected chi connectivity index (χ3v) is 8.55. The number of benzene rings is 3. The second kappa shape index (κ2) is 12.4. The Labute approximate surface area is 245 Å². The number of aryl methyl sites for hydroxylation is 2. The van der Waals surface area contributed by atoms with Gasteiger partial charge in [-0.25, -0.2) is 0 Å². The molecule has 0 saturated carbocycles.